The number of hydrogen-bond acceptors (Lipinski definition) is 3. The maximum Gasteiger partial charge on any atom is 0.341 e. The molecule has 1 aromatic rings. The third kappa shape index (κ3) is 1.55. The highest BCUT2D eigenvalue weighted by Crippen LogP contribution is 2.40. The van der Waals surface area contributed by atoms with Crippen LogP contribution in [0.25, 0.3) is 0 Å². The van der Waals surface area contributed by atoms with Crippen molar-refractivity contribution >= 4 is 5.97 Å². The number of carboxylic acids is 1. The molecule has 1 aliphatic rings. The molecule has 1 saturated carbocycles. The Balaban J connectivity index is 2.40. The summed E-state index contributed by atoms with van der Waals surface area (Å²) >= 11 is 0. The molecule has 0 aliphatic heterocycles. The zero-order valence-corrected chi connectivity index (χ0v) is 7.86. The quantitative estimate of drug-likeness (QED) is 0.793. The first kappa shape index (κ1) is 8.99. The molecule has 0 radical (unpaired) electrons. The summed E-state index contributed by atoms with van der Waals surface area (Å²) in [6, 6.07) is 1.66. The van der Waals surface area contributed by atoms with E-state index >= 15 is 0 Å². The van der Waals surface area contributed by atoms with E-state index in [2.05, 4.69) is 4.98 Å². The van der Waals surface area contributed by atoms with E-state index in [0.717, 1.165) is 18.4 Å². The number of pyridine rings is 1. The number of ether oxygens (including phenoxy) is 1. The van der Waals surface area contributed by atoms with Gasteiger partial charge in [-0.2, -0.15) is 0 Å². The van der Waals surface area contributed by atoms with E-state index in [9.17, 15) is 4.79 Å². The van der Waals surface area contributed by atoms with Gasteiger partial charge in [-0.3, -0.25) is 0 Å². The lowest BCUT2D eigenvalue weighted by atomic mass is 10.1. The third-order valence-corrected chi connectivity index (χ3v) is 2.34. The molecule has 74 valence electrons. The Labute approximate surface area is 81.5 Å². The fourth-order valence-electron chi connectivity index (χ4n) is 1.42. The highest BCUT2D eigenvalue weighted by Gasteiger charge is 2.25. The van der Waals surface area contributed by atoms with Crippen LogP contribution in [-0.2, 0) is 0 Å². The van der Waals surface area contributed by atoms with Crippen LogP contribution in [0, 0.1) is 0 Å². The van der Waals surface area contributed by atoms with Crippen LogP contribution in [0.2, 0.25) is 0 Å². The van der Waals surface area contributed by atoms with Crippen molar-refractivity contribution in [1.82, 2.24) is 4.98 Å². The highest BCUT2D eigenvalue weighted by molar-refractivity contribution is 5.90. The first-order chi connectivity index (χ1) is 6.72. The van der Waals surface area contributed by atoms with E-state index in [-0.39, 0.29) is 11.4 Å². The van der Waals surface area contributed by atoms with Crippen LogP contribution >= 0.6 is 0 Å². The lowest BCUT2D eigenvalue weighted by Crippen LogP contribution is -2.03. The number of carbonyl (C=O) groups is 1. The third-order valence-electron chi connectivity index (χ3n) is 2.34. The Morgan fingerprint density at radius 1 is 1.64 bits per heavy atom. The fourth-order valence-corrected chi connectivity index (χ4v) is 1.42. The zero-order chi connectivity index (χ0) is 10.1. The van der Waals surface area contributed by atoms with Crippen LogP contribution in [0.15, 0.2) is 12.3 Å². The highest BCUT2D eigenvalue weighted by atomic mass is 16.5. The molecule has 1 fully saturated rings. The van der Waals surface area contributed by atoms with Crippen LogP contribution < -0.4 is 4.74 Å². The van der Waals surface area contributed by atoms with Gasteiger partial charge >= 0.3 is 5.97 Å². The average Bonchev–Trinajstić information content (AvgIpc) is 3.00. The molecule has 0 aromatic carbocycles. The first-order valence-corrected chi connectivity index (χ1v) is 4.49. The van der Waals surface area contributed by atoms with Crippen molar-refractivity contribution in [3.63, 3.8) is 0 Å². The lowest BCUT2D eigenvalue weighted by Gasteiger charge is -2.05. The summed E-state index contributed by atoms with van der Waals surface area (Å²) < 4.78 is 4.87. The zero-order valence-electron chi connectivity index (χ0n) is 7.86. The topological polar surface area (TPSA) is 59.4 Å². The molecule has 2 rings (SSSR count). The van der Waals surface area contributed by atoms with Gasteiger partial charge in [-0.1, -0.05) is 0 Å². The number of carboxylic acid groups (broad SMARTS) is 1. The summed E-state index contributed by atoms with van der Waals surface area (Å²) in [5, 5.41) is 8.90. The Morgan fingerprint density at radius 2 is 2.36 bits per heavy atom. The molecule has 4 heteroatoms. The SMILES string of the molecule is COc1ncc(C2CC2)cc1C(=O)O. The molecular weight excluding hydrogens is 182 g/mol. The molecule has 1 heterocycles. The van der Waals surface area contributed by atoms with Gasteiger partial charge in [-0.05, 0) is 30.4 Å². The standard InChI is InChI=1S/C10H11NO3/c1-14-9-8(10(12)13)4-7(5-11-9)6-2-3-6/h4-6H,2-3H2,1H3,(H,12,13). The van der Waals surface area contributed by atoms with E-state index in [1.54, 1.807) is 12.3 Å². The summed E-state index contributed by atoms with van der Waals surface area (Å²) in [5.41, 5.74) is 1.15. The normalized spacial score (nSPS) is 15.2. The minimum Gasteiger partial charge on any atom is -0.480 e. The van der Waals surface area contributed by atoms with E-state index in [1.165, 1.54) is 7.11 Å². The number of aromatic nitrogens is 1. The molecule has 0 amide bonds. The number of aromatic carboxylic acids is 1. The van der Waals surface area contributed by atoms with Gasteiger partial charge in [0.15, 0.2) is 0 Å². The molecule has 0 unspecified atom stereocenters. The molecule has 0 spiro atoms. The van der Waals surface area contributed by atoms with Gasteiger partial charge in [0, 0.05) is 6.20 Å². The maximum absolute atomic E-state index is 10.9. The minimum absolute atomic E-state index is 0.150. The van der Waals surface area contributed by atoms with Crippen molar-refractivity contribution in [1.29, 1.82) is 0 Å². The molecule has 0 saturated heterocycles. The average molecular weight is 193 g/mol. The number of hydrogen-bond donors (Lipinski definition) is 1. The van der Waals surface area contributed by atoms with Gasteiger partial charge in [0.25, 0.3) is 0 Å². The summed E-state index contributed by atoms with van der Waals surface area (Å²) in [4.78, 5) is 14.8. The van der Waals surface area contributed by atoms with E-state index in [0.29, 0.717) is 5.92 Å². The molecule has 4 nitrogen and oxygen atoms in total. The monoisotopic (exact) mass is 193 g/mol. The summed E-state index contributed by atoms with van der Waals surface area (Å²) in [5.74, 6) is -0.301. The Morgan fingerprint density at radius 3 is 2.86 bits per heavy atom. The van der Waals surface area contributed by atoms with Crippen LogP contribution in [0.1, 0.15) is 34.7 Å². The Hall–Kier alpha value is -1.58. The van der Waals surface area contributed by atoms with Crippen LogP contribution in [-0.4, -0.2) is 23.2 Å². The summed E-state index contributed by atoms with van der Waals surface area (Å²) in [6.07, 6.45) is 3.96. The number of nitrogens with zero attached hydrogens (tertiary/aromatic N) is 1. The Kier molecular flexibility index (Phi) is 2.11. The minimum atomic E-state index is -0.989. The molecule has 1 N–H and O–H groups in total. The Bertz CT molecular complexity index is 372. The van der Waals surface area contributed by atoms with Gasteiger partial charge in [0.05, 0.1) is 7.11 Å². The van der Waals surface area contributed by atoms with E-state index < -0.39 is 5.97 Å². The predicted molar refractivity (Wildman–Crippen MR) is 49.7 cm³/mol. The second-order valence-corrected chi connectivity index (χ2v) is 3.40. The fraction of sp³-hybridized carbons (Fsp3) is 0.400. The largest absolute Gasteiger partial charge is 0.480 e. The van der Waals surface area contributed by atoms with Crippen LogP contribution in [0.5, 0.6) is 5.88 Å². The van der Waals surface area contributed by atoms with Gasteiger partial charge < -0.3 is 9.84 Å². The smallest absolute Gasteiger partial charge is 0.341 e. The van der Waals surface area contributed by atoms with Crippen molar-refractivity contribution in [2.24, 2.45) is 0 Å². The maximum atomic E-state index is 10.9. The second kappa shape index (κ2) is 3.29. The summed E-state index contributed by atoms with van der Waals surface area (Å²) in [7, 11) is 1.42. The van der Waals surface area contributed by atoms with Crippen molar-refractivity contribution < 1.29 is 14.6 Å². The van der Waals surface area contributed by atoms with E-state index in [1.807, 2.05) is 0 Å². The molecule has 0 bridgehead atoms. The molecule has 0 atom stereocenters. The second-order valence-electron chi connectivity index (χ2n) is 3.40. The van der Waals surface area contributed by atoms with Gasteiger partial charge in [0.1, 0.15) is 5.56 Å². The van der Waals surface area contributed by atoms with Crippen molar-refractivity contribution in [3.05, 3.63) is 23.4 Å². The molecule has 14 heavy (non-hydrogen) atoms. The number of rotatable bonds is 3. The van der Waals surface area contributed by atoms with Crippen LogP contribution in [0.3, 0.4) is 0 Å². The number of methoxy groups -OCH3 is 1. The summed E-state index contributed by atoms with van der Waals surface area (Å²) in [6.45, 7) is 0. The molecular formula is C10H11NO3. The van der Waals surface area contributed by atoms with Crippen molar-refractivity contribution in [2.45, 2.75) is 18.8 Å². The first-order valence-electron chi connectivity index (χ1n) is 4.49. The lowest BCUT2D eigenvalue weighted by molar-refractivity contribution is 0.0692. The van der Waals surface area contributed by atoms with E-state index in [4.69, 9.17) is 9.84 Å². The van der Waals surface area contributed by atoms with Gasteiger partial charge in [-0.15, -0.1) is 0 Å². The van der Waals surface area contributed by atoms with Gasteiger partial charge in [-0.25, -0.2) is 9.78 Å². The molecule has 1 aromatic heterocycles. The van der Waals surface area contributed by atoms with Crippen molar-refractivity contribution in [2.75, 3.05) is 7.11 Å². The van der Waals surface area contributed by atoms with Gasteiger partial charge in [0.2, 0.25) is 5.88 Å². The van der Waals surface area contributed by atoms with Crippen molar-refractivity contribution in [3.8, 4) is 5.88 Å². The molecule has 1 aliphatic carbocycles. The predicted octanol–water partition coefficient (Wildman–Crippen LogP) is 1.67. The van der Waals surface area contributed by atoms with Crippen LogP contribution in [0.4, 0.5) is 0 Å².